The maximum Gasteiger partial charge on any atom is 0.275 e. The van der Waals surface area contributed by atoms with Gasteiger partial charge in [0.05, 0.1) is 0 Å². The molecule has 27 valence electrons. The highest BCUT2D eigenvalue weighted by Crippen LogP contribution is 1.85. The first-order valence-electron chi connectivity index (χ1n) is 1.13. The van der Waals surface area contributed by atoms with Crippen LogP contribution in [0.25, 0.3) is 0 Å². The monoisotopic (exact) mass is 72.0 g/mol. The maximum absolute atomic E-state index is 4.17. The molecule has 0 saturated heterocycles. The third-order valence-corrected chi connectivity index (χ3v) is 0.251. The Balaban J connectivity index is 2.32. The summed E-state index contributed by atoms with van der Waals surface area (Å²) in [5, 5.41) is 6.22. The summed E-state index contributed by atoms with van der Waals surface area (Å²) < 4.78 is 0. The van der Waals surface area contributed by atoms with Gasteiger partial charge in [-0.25, -0.2) is 5.43 Å². The maximum atomic E-state index is 4.17. The highest BCUT2D eigenvalue weighted by Gasteiger charge is 1.85. The molecule has 4 nitrogen and oxygen atoms in total. The largest absolute Gasteiger partial charge is 0.345 e. The standard InChI is InChI=1S/CH2N3O/c1-2-3-4-5-1/h1H,(H,2,4). The number of rotatable bonds is 0. The number of hydrogen-bond donors (Lipinski definition) is 1. The van der Waals surface area contributed by atoms with Crippen LogP contribution < -0.4 is 5.43 Å². The first-order chi connectivity index (χ1) is 2.50. The van der Waals surface area contributed by atoms with Gasteiger partial charge in [0.2, 0.25) is 0 Å². The molecule has 0 aromatic rings. The van der Waals surface area contributed by atoms with E-state index in [1.807, 2.05) is 0 Å². The van der Waals surface area contributed by atoms with Gasteiger partial charge >= 0.3 is 0 Å². The zero-order chi connectivity index (χ0) is 3.54. The molecular formula is CH2N3O. The lowest BCUT2D eigenvalue weighted by molar-refractivity contribution is 0.223. The van der Waals surface area contributed by atoms with E-state index in [4.69, 9.17) is 0 Å². The Morgan fingerprint density at radius 2 is 2.80 bits per heavy atom. The van der Waals surface area contributed by atoms with E-state index in [1.54, 1.807) is 0 Å². The summed E-state index contributed by atoms with van der Waals surface area (Å²) in [6.45, 7) is 1.28. The molecule has 1 radical (unpaired) electrons. The smallest absolute Gasteiger partial charge is 0.275 e. The van der Waals surface area contributed by atoms with Crippen molar-refractivity contribution in [1.82, 2.24) is 5.43 Å². The molecule has 0 amide bonds. The van der Waals surface area contributed by atoms with Crippen LogP contribution in [0.5, 0.6) is 0 Å². The van der Waals surface area contributed by atoms with Crippen molar-refractivity contribution >= 4 is 0 Å². The zero-order valence-electron chi connectivity index (χ0n) is 2.38. The molecule has 1 rings (SSSR count). The minimum Gasteiger partial charge on any atom is -0.345 e. The average Bonchev–Trinajstić information content (AvgIpc) is 1.76. The van der Waals surface area contributed by atoms with Crippen molar-refractivity contribution in [1.29, 1.82) is 0 Å². The molecular weight excluding hydrogens is 70.0 g/mol. The van der Waals surface area contributed by atoms with E-state index in [2.05, 4.69) is 20.8 Å². The summed E-state index contributed by atoms with van der Waals surface area (Å²) >= 11 is 0. The van der Waals surface area contributed by atoms with Gasteiger partial charge in [-0.15, -0.1) is 0 Å². The summed E-state index contributed by atoms with van der Waals surface area (Å²) in [5.74, 6) is 0. The van der Waals surface area contributed by atoms with Gasteiger partial charge in [-0.05, 0) is 5.22 Å². The Kier molecular flexibility index (Phi) is 0.428. The van der Waals surface area contributed by atoms with Crippen LogP contribution in [0, 0.1) is 6.73 Å². The SMILES string of the molecule is [CH]1NN=NO1. The predicted molar refractivity (Wildman–Crippen MR) is 13.4 cm³/mol. The molecule has 0 aromatic heterocycles. The molecule has 0 aliphatic carbocycles. The van der Waals surface area contributed by atoms with E-state index in [0.717, 1.165) is 0 Å². The first kappa shape index (κ1) is 2.44. The molecule has 0 spiro atoms. The molecule has 4 heteroatoms. The van der Waals surface area contributed by atoms with Crippen LogP contribution in [0.3, 0.4) is 0 Å². The molecule has 0 bridgehead atoms. The van der Waals surface area contributed by atoms with Gasteiger partial charge in [-0.2, -0.15) is 0 Å². The van der Waals surface area contributed by atoms with Crippen molar-refractivity contribution < 1.29 is 4.84 Å². The Morgan fingerprint density at radius 1 is 1.80 bits per heavy atom. The van der Waals surface area contributed by atoms with Crippen molar-refractivity contribution in [3.8, 4) is 0 Å². The molecule has 1 aliphatic rings. The minimum atomic E-state index is 1.28. The molecule has 1 heterocycles. The second kappa shape index (κ2) is 0.878. The van der Waals surface area contributed by atoms with Crippen molar-refractivity contribution in [3.63, 3.8) is 0 Å². The minimum absolute atomic E-state index is 1.28. The third-order valence-electron chi connectivity index (χ3n) is 0.251. The van der Waals surface area contributed by atoms with Gasteiger partial charge in [0.1, 0.15) is 0 Å². The Labute approximate surface area is 28.8 Å². The molecule has 0 unspecified atom stereocenters. The van der Waals surface area contributed by atoms with Crippen LogP contribution in [-0.2, 0) is 4.84 Å². The van der Waals surface area contributed by atoms with E-state index in [1.165, 1.54) is 6.73 Å². The van der Waals surface area contributed by atoms with Gasteiger partial charge in [0.15, 0.2) is 0 Å². The lowest BCUT2D eigenvalue weighted by atomic mass is 11.4. The number of hydrogen-bond acceptors (Lipinski definition) is 4. The topological polar surface area (TPSA) is 46.0 Å². The van der Waals surface area contributed by atoms with Crippen LogP contribution in [0.4, 0.5) is 0 Å². The van der Waals surface area contributed by atoms with E-state index < -0.39 is 0 Å². The summed E-state index contributed by atoms with van der Waals surface area (Å²) in [6.07, 6.45) is 0. The van der Waals surface area contributed by atoms with Crippen LogP contribution in [0.1, 0.15) is 0 Å². The summed E-state index contributed by atoms with van der Waals surface area (Å²) in [7, 11) is 0. The number of nitrogens with one attached hydrogen (secondary N) is 1. The Bertz CT molecular complexity index is 44.9. The fraction of sp³-hybridized carbons (Fsp3) is 0. The van der Waals surface area contributed by atoms with Gasteiger partial charge in [0, 0.05) is 5.28 Å². The quantitative estimate of drug-likeness (QED) is 0.438. The Hall–Kier alpha value is -0.800. The molecule has 0 atom stereocenters. The second-order valence-electron chi connectivity index (χ2n) is 0.534. The second-order valence-corrected chi connectivity index (χ2v) is 0.534. The van der Waals surface area contributed by atoms with E-state index in [0.29, 0.717) is 0 Å². The van der Waals surface area contributed by atoms with Crippen LogP contribution >= 0.6 is 0 Å². The predicted octanol–water partition coefficient (Wildman–Crippen LogP) is 0.00769. The van der Waals surface area contributed by atoms with Gasteiger partial charge < -0.3 is 4.84 Å². The molecule has 5 heavy (non-hydrogen) atoms. The lowest BCUT2D eigenvalue weighted by Crippen LogP contribution is -1.89. The molecule has 0 saturated carbocycles. The number of nitrogens with zero attached hydrogens (tertiary/aromatic N) is 2. The third kappa shape index (κ3) is 0.261. The van der Waals surface area contributed by atoms with E-state index in [-0.39, 0.29) is 0 Å². The molecule has 0 aromatic carbocycles. The van der Waals surface area contributed by atoms with E-state index >= 15 is 0 Å². The van der Waals surface area contributed by atoms with Crippen molar-refractivity contribution in [3.05, 3.63) is 6.73 Å². The highest BCUT2D eigenvalue weighted by molar-refractivity contribution is 4.36. The summed E-state index contributed by atoms with van der Waals surface area (Å²) in [6, 6.07) is 0. The average molecular weight is 72.0 g/mol. The summed E-state index contributed by atoms with van der Waals surface area (Å²) in [5.41, 5.74) is 2.33. The van der Waals surface area contributed by atoms with Crippen LogP contribution in [0.15, 0.2) is 10.5 Å². The lowest BCUT2D eigenvalue weighted by Gasteiger charge is -1.71. The first-order valence-corrected chi connectivity index (χ1v) is 1.13. The summed E-state index contributed by atoms with van der Waals surface area (Å²) in [4.78, 5) is 4.17. The van der Waals surface area contributed by atoms with Crippen molar-refractivity contribution in [2.75, 3.05) is 0 Å². The Morgan fingerprint density at radius 3 is 3.00 bits per heavy atom. The molecule has 1 aliphatic heterocycles. The van der Waals surface area contributed by atoms with Crippen LogP contribution in [-0.4, -0.2) is 0 Å². The van der Waals surface area contributed by atoms with E-state index in [9.17, 15) is 0 Å². The zero-order valence-corrected chi connectivity index (χ0v) is 2.38. The normalized spacial score (nSPS) is 17.6. The van der Waals surface area contributed by atoms with Gasteiger partial charge in [-0.1, -0.05) is 0 Å². The molecule has 1 N–H and O–H groups in total. The van der Waals surface area contributed by atoms with Crippen molar-refractivity contribution in [2.24, 2.45) is 10.5 Å². The van der Waals surface area contributed by atoms with Crippen LogP contribution in [0.2, 0.25) is 0 Å². The van der Waals surface area contributed by atoms with Gasteiger partial charge in [0.25, 0.3) is 6.73 Å². The highest BCUT2D eigenvalue weighted by atomic mass is 16.7. The molecule has 0 fully saturated rings. The fourth-order valence-corrected chi connectivity index (χ4v) is 0.118. The van der Waals surface area contributed by atoms with Gasteiger partial charge in [-0.3, -0.25) is 0 Å². The van der Waals surface area contributed by atoms with Crippen molar-refractivity contribution in [2.45, 2.75) is 0 Å². The fourth-order valence-electron chi connectivity index (χ4n) is 0.118.